The second kappa shape index (κ2) is 8.46. The lowest BCUT2D eigenvalue weighted by Gasteiger charge is -2.08. The minimum atomic E-state index is -0.571. The van der Waals surface area contributed by atoms with Crippen molar-refractivity contribution in [2.24, 2.45) is 0 Å². The van der Waals surface area contributed by atoms with E-state index >= 15 is 0 Å². The van der Waals surface area contributed by atoms with Crippen LogP contribution < -0.4 is 10.1 Å². The van der Waals surface area contributed by atoms with Crippen molar-refractivity contribution in [3.05, 3.63) is 64.2 Å². The fourth-order valence-corrected chi connectivity index (χ4v) is 3.40. The molecule has 0 fully saturated rings. The quantitative estimate of drug-likeness (QED) is 0.347. The highest BCUT2D eigenvalue weighted by Crippen LogP contribution is 2.30. The summed E-state index contributed by atoms with van der Waals surface area (Å²) < 4.78 is 8.69. The molecule has 0 bridgehead atoms. The number of ether oxygens (including phenoxy) is 1. The molecular formula is C21H21N7O4. The van der Waals surface area contributed by atoms with Crippen molar-refractivity contribution in [1.82, 2.24) is 24.4 Å². The van der Waals surface area contributed by atoms with E-state index in [0.717, 1.165) is 23.5 Å². The van der Waals surface area contributed by atoms with Crippen LogP contribution in [0.15, 0.2) is 42.9 Å². The summed E-state index contributed by atoms with van der Waals surface area (Å²) in [5, 5.41) is 22.9. The molecule has 0 saturated carbocycles. The van der Waals surface area contributed by atoms with Gasteiger partial charge in [-0.25, -0.2) is 9.50 Å². The number of aryl methyl sites for hydroxylation is 2. The van der Waals surface area contributed by atoms with E-state index in [0.29, 0.717) is 18.0 Å². The molecule has 4 rings (SSSR count). The molecule has 0 spiro atoms. The van der Waals surface area contributed by atoms with Crippen LogP contribution in [0.3, 0.4) is 0 Å². The van der Waals surface area contributed by atoms with E-state index in [1.54, 1.807) is 29.8 Å². The smallest absolute Gasteiger partial charge is 0.296 e. The summed E-state index contributed by atoms with van der Waals surface area (Å²) in [6.45, 7) is 6.77. The molecule has 0 atom stereocenters. The first-order valence-electron chi connectivity index (χ1n) is 10.0. The number of anilines is 1. The van der Waals surface area contributed by atoms with E-state index in [-0.39, 0.29) is 16.9 Å². The SMILES string of the molecule is CCOc1ccc(NC(=O)c2cnn3c(-c4cn(CC)nc4C)ccnc23)c([N+](=O)[O-])c1. The van der Waals surface area contributed by atoms with Gasteiger partial charge in [-0.1, -0.05) is 0 Å². The van der Waals surface area contributed by atoms with Crippen molar-refractivity contribution in [1.29, 1.82) is 0 Å². The van der Waals surface area contributed by atoms with Crippen LogP contribution in [0, 0.1) is 17.0 Å². The standard InChI is InChI=1S/C21H21N7O4/c1-4-26-12-16(13(3)25-26)18-8-9-22-20-15(11-23-27(18)20)21(29)24-17-7-6-14(32-5-2)10-19(17)28(30)31/h6-12H,4-5H2,1-3H3,(H,24,29). The van der Waals surface area contributed by atoms with Crippen molar-refractivity contribution in [3.63, 3.8) is 0 Å². The highest BCUT2D eigenvalue weighted by Gasteiger charge is 2.22. The number of hydrogen-bond donors (Lipinski definition) is 1. The summed E-state index contributed by atoms with van der Waals surface area (Å²) in [5.41, 5.74) is 2.74. The fourth-order valence-electron chi connectivity index (χ4n) is 3.40. The van der Waals surface area contributed by atoms with E-state index in [2.05, 4.69) is 20.5 Å². The fraction of sp³-hybridized carbons (Fsp3) is 0.238. The van der Waals surface area contributed by atoms with Crippen molar-refractivity contribution in [3.8, 4) is 17.0 Å². The number of nitro groups is 1. The van der Waals surface area contributed by atoms with Crippen molar-refractivity contribution >= 4 is 22.9 Å². The van der Waals surface area contributed by atoms with Crippen LogP contribution >= 0.6 is 0 Å². The molecule has 0 saturated heterocycles. The molecular weight excluding hydrogens is 414 g/mol. The van der Waals surface area contributed by atoms with Gasteiger partial charge in [0, 0.05) is 24.5 Å². The predicted octanol–water partition coefficient (Wildman–Crippen LogP) is 3.48. The second-order valence-electron chi connectivity index (χ2n) is 6.93. The number of fused-ring (bicyclic) bond motifs is 1. The molecule has 0 aliphatic carbocycles. The van der Waals surface area contributed by atoms with Gasteiger partial charge in [0.25, 0.3) is 11.6 Å². The van der Waals surface area contributed by atoms with Gasteiger partial charge in [0.1, 0.15) is 17.0 Å². The Balaban J connectivity index is 1.70. The first-order chi connectivity index (χ1) is 15.4. The van der Waals surface area contributed by atoms with E-state index in [1.165, 1.54) is 18.3 Å². The molecule has 11 heteroatoms. The Morgan fingerprint density at radius 3 is 2.78 bits per heavy atom. The molecule has 4 aromatic rings. The number of nitrogens with zero attached hydrogens (tertiary/aromatic N) is 6. The topological polar surface area (TPSA) is 129 Å². The average molecular weight is 435 g/mol. The van der Waals surface area contributed by atoms with Crippen LogP contribution in [0.4, 0.5) is 11.4 Å². The number of carbonyl (C=O) groups is 1. The van der Waals surface area contributed by atoms with Gasteiger partial charge < -0.3 is 10.1 Å². The Kier molecular flexibility index (Phi) is 5.54. The van der Waals surface area contributed by atoms with E-state index in [1.807, 2.05) is 24.7 Å². The number of hydrogen-bond acceptors (Lipinski definition) is 7. The Morgan fingerprint density at radius 1 is 1.28 bits per heavy atom. The van der Waals surface area contributed by atoms with Gasteiger partial charge in [-0.2, -0.15) is 10.2 Å². The number of benzene rings is 1. The number of carbonyl (C=O) groups excluding carboxylic acids is 1. The largest absolute Gasteiger partial charge is 0.494 e. The van der Waals surface area contributed by atoms with E-state index in [9.17, 15) is 14.9 Å². The van der Waals surface area contributed by atoms with Gasteiger partial charge >= 0.3 is 0 Å². The van der Waals surface area contributed by atoms with Crippen molar-refractivity contribution < 1.29 is 14.5 Å². The number of rotatable bonds is 7. The lowest BCUT2D eigenvalue weighted by molar-refractivity contribution is -0.384. The summed E-state index contributed by atoms with van der Waals surface area (Å²) in [5.74, 6) is -0.208. The Hall–Kier alpha value is -4.28. The van der Waals surface area contributed by atoms with Gasteiger partial charge in [0.15, 0.2) is 5.65 Å². The molecule has 1 N–H and O–H groups in total. The Morgan fingerprint density at radius 2 is 2.09 bits per heavy atom. The van der Waals surface area contributed by atoms with Crippen LogP contribution in [0.5, 0.6) is 5.75 Å². The summed E-state index contributed by atoms with van der Waals surface area (Å²) >= 11 is 0. The van der Waals surface area contributed by atoms with Gasteiger partial charge in [-0.3, -0.25) is 19.6 Å². The van der Waals surface area contributed by atoms with Gasteiger partial charge in [0.05, 0.1) is 35.2 Å². The summed E-state index contributed by atoms with van der Waals surface area (Å²) in [6, 6.07) is 6.07. The molecule has 0 unspecified atom stereocenters. The lowest BCUT2D eigenvalue weighted by atomic mass is 10.2. The van der Waals surface area contributed by atoms with Gasteiger partial charge in [-0.05, 0) is 39.0 Å². The average Bonchev–Trinajstić information content (AvgIpc) is 3.38. The molecule has 32 heavy (non-hydrogen) atoms. The third-order valence-corrected chi connectivity index (χ3v) is 4.92. The first kappa shape index (κ1) is 21.0. The van der Waals surface area contributed by atoms with Crippen LogP contribution in [0.25, 0.3) is 16.9 Å². The zero-order valence-electron chi connectivity index (χ0n) is 17.8. The second-order valence-corrected chi connectivity index (χ2v) is 6.93. The number of aromatic nitrogens is 5. The maximum atomic E-state index is 13.0. The number of amides is 1. The van der Waals surface area contributed by atoms with Crippen LogP contribution in [-0.4, -0.2) is 41.8 Å². The summed E-state index contributed by atoms with van der Waals surface area (Å²) in [7, 11) is 0. The van der Waals surface area contributed by atoms with E-state index < -0.39 is 10.8 Å². The third-order valence-electron chi connectivity index (χ3n) is 4.92. The van der Waals surface area contributed by atoms with Crippen LogP contribution in [0.2, 0.25) is 0 Å². The molecule has 164 valence electrons. The monoisotopic (exact) mass is 435 g/mol. The molecule has 1 amide bonds. The molecule has 0 aliphatic rings. The maximum absolute atomic E-state index is 13.0. The van der Waals surface area contributed by atoms with Crippen molar-refractivity contribution in [2.45, 2.75) is 27.3 Å². The third kappa shape index (κ3) is 3.75. The molecule has 3 heterocycles. The summed E-state index contributed by atoms with van der Waals surface area (Å²) in [4.78, 5) is 28.2. The molecule has 3 aromatic heterocycles. The van der Waals surface area contributed by atoms with E-state index in [4.69, 9.17) is 4.74 Å². The minimum Gasteiger partial charge on any atom is -0.494 e. The van der Waals surface area contributed by atoms with Crippen molar-refractivity contribution in [2.75, 3.05) is 11.9 Å². The number of nitrogens with one attached hydrogen (secondary N) is 1. The Bertz CT molecular complexity index is 1330. The van der Waals surface area contributed by atoms with Gasteiger partial charge in [0.2, 0.25) is 0 Å². The molecule has 0 radical (unpaired) electrons. The number of nitro benzene ring substituents is 1. The molecule has 11 nitrogen and oxygen atoms in total. The molecule has 0 aliphatic heterocycles. The normalized spacial score (nSPS) is 11.0. The minimum absolute atomic E-state index is 0.0547. The molecule has 1 aromatic carbocycles. The zero-order chi connectivity index (χ0) is 22.8. The highest BCUT2D eigenvalue weighted by molar-refractivity contribution is 6.09. The highest BCUT2D eigenvalue weighted by atomic mass is 16.6. The maximum Gasteiger partial charge on any atom is 0.296 e. The van der Waals surface area contributed by atoms with Crippen LogP contribution in [-0.2, 0) is 6.54 Å². The first-order valence-corrected chi connectivity index (χ1v) is 10.0. The Labute approximate surface area is 182 Å². The predicted molar refractivity (Wildman–Crippen MR) is 117 cm³/mol. The summed E-state index contributed by atoms with van der Waals surface area (Å²) in [6.07, 6.45) is 4.89. The van der Waals surface area contributed by atoms with Crippen LogP contribution in [0.1, 0.15) is 29.9 Å². The van der Waals surface area contributed by atoms with Gasteiger partial charge in [-0.15, -0.1) is 0 Å². The zero-order valence-corrected chi connectivity index (χ0v) is 17.8. The lowest BCUT2D eigenvalue weighted by Crippen LogP contribution is -2.13.